The van der Waals surface area contributed by atoms with E-state index >= 15 is 0 Å². The topological polar surface area (TPSA) is 39.2 Å². The first-order valence-corrected chi connectivity index (χ1v) is 6.33. The Morgan fingerprint density at radius 1 is 1.69 bits per heavy atom. The molecule has 0 aromatic carbocycles. The average molecular weight is 406 g/mol. The number of halogens is 4. The fourth-order valence-electron chi connectivity index (χ4n) is 1.12. The van der Waals surface area contributed by atoms with E-state index in [4.69, 9.17) is 0 Å². The fraction of sp³-hybridized carbons (Fsp3) is 0.333. The van der Waals surface area contributed by atoms with Crippen LogP contribution in [0, 0.1) is 3.70 Å². The van der Waals surface area contributed by atoms with Crippen LogP contribution in [0.2, 0.25) is 0 Å². The Morgan fingerprint density at radius 2 is 2.31 bits per heavy atom. The summed E-state index contributed by atoms with van der Waals surface area (Å²) < 4.78 is 30.0. The fourth-order valence-corrected chi connectivity index (χ4v) is 2.43. The van der Waals surface area contributed by atoms with E-state index < -0.39 is 12.4 Å². The van der Waals surface area contributed by atoms with Crippen molar-refractivity contribution < 1.29 is 18.3 Å². The van der Waals surface area contributed by atoms with Gasteiger partial charge in [0.15, 0.2) is 0 Å². The molecule has 1 aromatic heterocycles. The van der Waals surface area contributed by atoms with Crippen LogP contribution in [0.4, 0.5) is 8.78 Å². The highest BCUT2D eigenvalue weighted by Gasteiger charge is 2.21. The lowest BCUT2D eigenvalue weighted by Crippen LogP contribution is -2.09. The number of hydrogen-bond donors (Lipinski definition) is 0. The highest BCUT2D eigenvalue weighted by atomic mass is 127. The summed E-state index contributed by atoms with van der Waals surface area (Å²) in [6.07, 6.45) is -2.61. The summed E-state index contributed by atoms with van der Waals surface area (Å²) >= 11 is 4.78. The molecular formula is C9H7BrF2INO2. The molecular weight excluding hydrogens is 399 g/mol. The van der Waals surface area contributed by atoms with Gasteiger partial charge in [-0.05, 0) is 34.2 Å². The summed E-state index contributed by atoms with van der Waals surface area (Å²) in [7, 11) is 1.21. The van der Waals surface area contributed by atoms with Gasteiger partial charge in [-0.1, -0.05) is 15.9 Å². The molecule has 0 aliphatic rings. The highest BCUT2D eigenvalue weighted by Crippen LogP contribution is 2.29. The van der Waals surface area contributed by atoms with Gasteiger partial charge in [0.1, 0.15) is 9.39 Å². The smallest absolute Gasteiger partial charge is 0.356 e. The first kappa shape index (κ1) is 13.8. The third-order valence-corrected chi connectivity index (χ3v) is 3.28. The minimum absolute atomic E-state index is 0.0331. The predicted octanol–water partition coefficient (Wildman–Crippen LogP) is 3.31. The normalized spacial score (nSPS) is 10.6. The molecule has 0 amide bonds. The second-order valence-electron chi connectivity index (χ2n) is 2.80. The van der Waals surface area contributed by atoms with Crippen molar-refractivity contribution in [1.29, 1.82) is 0 Å². The number of rotatable bonds is 3. The molecule has 0 aliphatic carbocycles. The Morgan fingerprint density at radius 3 is 2.75 bits per heavy atom. The molecule has 3 nitrogen and oxygen atoms in total. The molecule has 0 bridgehead atoms. The number of alkyl halides is 3. The number of aromatic nitrogens is 1. The lowest BCUT2D eigenvalue weighted by atomic mass is 10.1. The average Bonchev–Trinajstić information content (AvgIpc) is 2.26. The summed E-state index contributed by atoms with van der Waals surface area (Å²) in [6.45, 7) is 0. The minimum Gasteiger partial charge on any atom is -0.464 e. The summed E-state index contributed by atoms with van der Waals surface area (Å²) in [5.74, 6) is -0.638. The van der Waals surface area contributed by atoms with Crippen LogP contribution in [-0.2, 0) is 10.1 Å². The first-order valence-electron chi connectivity index (χ1n) is 4.13. The number of carbonyl (C=O) groups is 1. The van der Waals surface area contributed by atoms with Crippen LogP contribution in [0.1, 0.15) is 28.0 Å². The third kappa shape index (κ3) is 2.88. The highest BCUT2D eigenvalue weighted by molar-refractivity contribution is 14.1. The Balaban J connectivity index is 3.32. The van der Waals surface area contributed by atoms with Gasteiger partial charge in [-0.3, -0.25) is 0 Å². The molecule has 0 atom stereocenters. The van der Waals surface area contributed by atoms with Crippen LogP contribution in [0.15, 0.2) is 6.07 Å². The maximum Gasteiger partial charge on any atom is 0.356 e. The molecule has 16 heavy (non-hydrogen) atoms. The zero-order valence-electron chi connectivity index (χ0n) is 8.14. The number of ether oxygens (including phenoxy) is 1. The van der Waals surface area contributed by atoms with Crippen molar-refractivity contribution in [2.45, 2.75) is 11.8 Å². The largest absolute Gasteiger partial charge is 0.464 e. The Hall–Kier alpha value is -0.310. The van der Waals surface area contributed by atoms with Gasteiger partial charge in [0.2, 0.25) is 0 Å². The zero-order valence-corrected chi connectivity index (χ0v) is 11.9. The van der Waals surface area contributed by atoms with E-state index in [1.165, 1.54) is 13.2 Å². The van der Waals surface area contributed by atoms with E-state index in [1.807, 2.05) is 0 Å². The number of nitrogens with zero attached hydrogens (tertiary/aromatic N) is 1. The Kier molecular flexibility index (Phi) is 5.03. The molecule has 0 saturated heterocycles. The Bertz CT molecular complexity index is 415. The van der Waals surface area contributed by atoms with Gasteiger partial charge >= 0.3 is 5.97 Å². The third-order valence-electron chi connectivity index (χ3n) is 1.85. The Labute approximate surface area is 113 Å². The number of carbonyl (C=O) groups excluding carboxylic acids is 1. The van der Waals surface area contributed by atoms with Crippen LogP contribution >= 0.6 is 38.5 Å². The zero-order chi connectivity index (χ0) is 12.3. The molecule has 88 valence electrons. The number of esters is 1. The number of methoxy groups -OCH3 is 1. The number of pyridine rings is 1. The van der Waals surface area contributed by atoms with E-state index in [9.17, 15) is 13.6 Å². The lowest BCUT2D eigenvalue weighted by molar-refractivity contribution is 0.0593. The van der Waals surface area contributed by atoms with Crippen molar-refractivity contribution in [3.63, 3.8) is 0 Å². The van der Waals surface area contributed by atoms with E-state index in [0.29, 0.717) is 5.56 Å². The second-order valence-corrected chi connectivity index (χ2v) is 4.38. The van der Waals surface area contributed by atoms with Crippen molar-refractivity contribution in [2.75, 3.05) is 7.11 Å². The van der Waals surface area contributed by atoms with Gasteiger partial charge in [0, 0.05) is 5.33 Å². The van der Waals surface area contributed by atoms with Gasteiger partial charge < -0.3 is 4.74 Å². The standard InChI is InChI=1S/C9H7BrF2INO2/c1-16-9(15)5-2-4(3-10)6(7(11)12)8(13)14-5/h2,7H,3H2,1H3. The van der Waals surface area contributed by atoms with Gasteiger partial charge in [0.05, 0.1) is 12.7 Å². The summed E-state index contributed by atoms with van der Waals surface area (Å²) in [6, 6.07) is 1.31. The van der Waals surface area contributed by atoms with Gasteiger partial charge in [0.25, 0.3) is 6.43 Å². The predicted molar refractivity (Wildman–Crippen MR) is 65.9 cm³/mol. The van der Waals surface area contributed by atoms with Crippen molar-refractivity contribution in [3.05, 3.63) is 26.6 Å². The van der Waals surface area contributed by atoms with Crippen LogP contribution in [-0.4, -0.2) is 18.1 Å². The SMILES string of the molecule is COC(=O)c1cc(CBr)c(C(F)F)c(I)n1. The van der Waals surface area contributed by atoms with E-state index in [0.717, 1.165) is 0 Å². The van der Waals surface area contributed by atoms with Gasteiger partial charge in [-0.25, -0.2) is 18.6 Å². The molecule has 7 heteroatoms. The van der Waals surface area contributed by atoms with E-state index in [-0.39, 0.29) is 20.3 Å². The first-order chi connectivity index (χ1) is 7.51. The quantitative estimate of drug-likeness (QED) is 0.335. The second kappa shape index (κ2) is 5.85. The van der Waals surface area contributed by atoms with E-state index in [2.05, 4.69) is 25.7 Å². The van der Waals surface area contributed by atoms with Crippen molar-refractivity contribution >= 4 is 44.5 Å². The molecule has 0 N–H and O–H groups in total. The maximum atomic E-state index is 12.7. The molecule has 1 aromatic rings. The van der Waals surface area contributed by atoms with Crippen LogP contribution in [0.3, 0.4) is 0 Å². The van der Waals surface area contributed by atoms with Crippen LogP contribution in [0.5, 0.6) is 0 Å². The number of hydrogen-bond acceptors (Lipinski definition) is 3. The molecule has 0 unspecified atom stereocenters. The maximum absolute atomic E-state index is 12.7. The van der Waals surface area contributed by atoms with Crippen molar-refractivity contribution in [1.82, 2.24) is 4.98 Å². The lowest BCUT2D eigenvalue weighted by Gasteiger charge is -2.10. The monoisotopic (exact) mass is 405 g/mol. The molecule has 0 spiro atoms. The van der Waals surface area contributed by atoms with E-state index in [1.54, 1.807) is 22.6 Å². The minimum atomic E-state index is -2.61. The molecule has 1 rings (SSSR count). The molecule has 0 saturated carbocycles. The van der Waals surface area contributed by atoms with Crippen LogP contribution in [0.25, 0.3) is 0 Å². The molecule has 1 heterocycles. The molecule has 0 fully saturated rings. The van der Waals surface area contributed by atoms with Gasteiger partial charge in [-0.2, -0.15) is 0 Å². The van der Waals surface area contributed by atoms with Crippen molar-refractivity contribution in [2.24, 2.45) is 0 Å². The molecule has 0 radical (unpaired) electrons. The molecule has 0 aliphatic heterocycles. The summed E-state index contributed by atoms with van der Waals surface area (Å²) in [4.78, 5) is 15.0. The van der Waals surface area contributed by atoms with Crippen molar-refractivity contribution in [3.8, 4) is 0 Å². The van der Waals surface area contributed by atoms with Gasteiger partial charge in [-0.15, -0.1) is 0 Å². The van der Waals surface area contributed by atoms with Crippen LogP contribution < -0.4 is 0 Å². The summed E-state index contributed by atoms with van der Waals surface area (Å²) in [5, 5.41) is 0.231. The summed E-state index contributed by atoms with van der Waals surface area (Å²) in [5.41, 5.74) is 0.227.